The lowest BCUT2D eigenvalue weighted by molar-refractivity contribution is -0.114. The van der Waals surface area contributed by atoms with Crippen LogP contribution in [0.25, 0.3) is 0 Å². The number of amides is 1. The average molecular weight is 207 g/mol. The van der Waals surface area contributed by atoms with Crippen LogP contribution in [-0.2, 0) is 4.79 Å². The highest BCUT2D eigenvalue weighted by atomic mass is 19.1. The first kappa shape index (κ1) is 11.2. The molecule has 0 atom stereocenters. The topological polar surface area (TPSA) is 49.3 Å². The van der Waals surface area contributed by atoms with Gasteiger partial charge >= 0.3 is 0 Å². The first-order valence-electron chi connectivity index (χ1n) is 4.30. The van der Waals surface area contributed by atoms with Gasteiger partial charge in [-0.05, 0) is 18.2 Å². The molecule has 4 heteroatoms. The van der Waals surface area contributed by atoms with Gasteiger partial charge in [0.05, 0.1) is 5.69 Å². The van der Waals surface area contributed by atoms with E-state index >= 15 is 0 Å². The second-order valence-corrected chi connectivity index (χ2v) is 2.84. The molecular formula is C11H10FNO2. The second-order valence-electron chi connectivity index (χ2n) is 2.84. The summed E-state index contributed by atoms with van der Waals surface area (Å²) in [5, 5.41) is 10.8. The molecule has 0 aliphatic heterocycles. The molecule has 78 valence electrons. The van der Waals surface area contributed by atoms with E-state index in [0.29, 0.717) is 5.56 Å². The van der Waals surface area contributed by atoms with Crippen molar-refractivity contribution in [1.29, 1.82) is 0 Å². The SMILES string of the molecule is CC(=O)Nc1ccc(C#CCO)cc1F. The van der Waals surface area contributed by atoms with Gasteiger partial charge in [0.2, 0.25) is 5.91 Å². The molecule has 0 aromatic heterocycles. The zero-order valence-electron chi connectivity index (χ0n) is 8.17. The summed E-state index contributed by atoms with van der Waals surface area (Å²) < 4.78 is 13.3. The Bertz CT molecular complexity index is 432. The van der Waals surface area contributed by atoms with Crippen molar-refractivity contribution in [1.82, 2.24) is 0 Å². The number of carbonyl (C=O) groups excluding carboxylic acids is 1. The summed E-state index contributed by atoms with van der Waals surface area (Å²) in [6.45, 7) is 1.04. The number of benzene rings is 1. The number of hydrogen-bond acceptors (Lipinski definition) is 2. The predicted molar refractivity (Wildman–Crippen MR) is 54.7 cm³/mol. The molecular weight excluding hydrogens is 197 g/mol. The van der Waals surface area contributed by atoms with Crippen LogP contribution in [0.3, 0.4) is 0 Å². The smallest absolute Gasteiger partial charge is 0.221 e. The van der Waals surface area contributed by atoms with Gasteiger partial charge in [-0.25, -0.2) is 4.39 Å². The van der Waals surface area contributed by atoms with E-state index in [9.17, 15) is 9.18 Å². The van der Waals surface area contributed by atoms with Gasteiger partial charge in [0.1, 0.15) is 12.4 Å². The van der Waals surface area contributed by atoms with E-state index in [2.05, 4.69) is 17.2 Å². The largest absolute Gasteiger partial charge is 0.384 e. The Hall–Kier alpha value is -1.86. The van der Waals surface area contributed by atoms with Crippen LogP contribution in [0.1, 0.15) is 12.5 Å². The Morgan fingerprint density at radius 2 is 2.33 bits per heavy atom. The van der Waals surface area contributed by atoms with Crippen molar-refractivity contribution in [3.05, 3.63) is 29.6 Å². The summed E-state index contributed by atoms with van der Waals surface area (Å²) in [5.74, 6) is 4.09. The number of carbonyl (C=O) groups is 1. The molecule has 0 heterocycles. The molecule has 0 saturated carbocycles. The molecule has 0 radical (unpaired) electrons. The Balaban J connectivity index is 2.92. The molecule has 0 aliphatic rings. The third-order valence-electron chi connectivity index (χ3n) is 1.59. The Kier molecular flexibility index (Phi) is 3.83. The molecule has 15 heavy (non-hydrogen) atoms. The zero-order chi connectivity index (χ0) is 11.3. The fourth-order valence-corrected chi connectivity index (χ4v) is 1.03. The van der Waals surface area contributed by atoms with Crippen molar-refractivity contribution in [3.8, 4) is 11.8 Å². The minimum atomic E-state index is -0.546. The summed E-state index contributed by atoms with van der Waals surface area (Å²) in [4.78, 5) is 10.7. The molecule has 0 bridgehead atoms. The molecule has 0 spiro atoms. The number of halogens is 1. The summed E-state index contributed by atoms with van der Waals surface area (Å²) in [7, 11) is 0. The molecule has 1 aromatic rings. The lowest BCUT2D eigenvalue weighted by atomic mass is 10.2. The summed E-state index contributed by atoms with van der Waals surface area (Å²) in [6.07, 6.45) is 0. The molecule has 0 saturated heterocycles. The van der Waals surface area contributed by atoms with Crippen LogP contribution in [0.15, 0.2) is 18.2 Å². The standard InChI is InChI=1S/C11H10FNO2/c1-8(15)13-11-5-4-9(3-2-6-14)7-10(11)12/h4-5,7,14H,6H2,1H3,(H,13,15). The van der Waals surface area contributed by atoms with E-state index in [-0.39, 0.29) is 18.2 Å². The molecule has 1 amide bonds. The van der Waals surface area contributed by atoms with Crippen LogP contribution in [0, 0.1) is 17.7 Å². The Morgan fingerprint density at radius 3 is 2.87 bits per heavy atom. The molecule has 0 fully saturated rings. The fourth-order valence-electron chi connectivity index (χ4n) is 1.03. The zero-order valence-corrected chi connectivity index (χ0v) is 8.17. The van der Waals surface area contributed by atoms with Gasteiger partial charge in [-0.3, -0.25) is 4.79 Å². The monoisotopic (exact) mass is 207 g/mol. The summed E-state index contributed by atoms with van der Waals surface area (Å²) in [6, 6.07) is 4.20. The first-order valence-corrected chi connectivity index (χ1v) is 4.30. The normalized spacial score (nSPS) is 9.00. The fraction of sp³-hybridized carbons (Fsp3) is 0.182. The lowest BCUT2D eigenvalue weighted by Gasteiger charge is -2.03. The molecule has 0 aliphatic carbocycles. The van der Waals surface area contributed by atoms with Crippen molar-refractivity contribution >= 4 is 11.6 Å². The highest BCUT2D eigenvalue weighted by molar-refractivity contribution is 5.88. The van der Waals surface area contributed by atoms with E-state index in [1.807, 2.05) is 0 Å². The van der Waals surface area contributed by atoms with Crippen LogP contribution < -0.4 is 5.32 Å². The van der Waals surface area contributed by atoms with Crippen LogP contribution in [0.4, 0.5) is 10.1 Å². The van der Waals surface area contributed by atoms with Crippen molar-refractivity contribution in [3.63, 3.8) is 0 Å². The van der Waals surface area contributed by atoms with Gasteiger partial charge < -0.3 is 10.4 Å². The number of anilines is 1. The van der Waals surface area contributed by atoms with Gasteiger partial charge in [-0.2, -0.15) is 0 Å². The molecule has 1 rings (SSSR count). The van der Waals surface area contributed by atoms with Crippen molar-refractivity contribution in [2.45, 2.75) is 6.92 Å². The number of rotatable bonds is 1. The summed E-state index contributed by atoms with van der Waals surface area (Å²) in [5.41, 5.74) is 0.577. The maximum Gasteiger partial charge on any atom is 0.221 e. The van der Waals surface area contributed by atoms with Crippen LogP contribution in [-0.4, -0.2) is 17.6 Å². The van der Waals surface area contributed by atoms with Crippen LogP contribution in [0.2, 0.25) is 0 Å². The molecule has 3 nitrogen and oxygen atoms in total. The van der Waals surface area contributed by atoms with Crippen molar-refractivity contribution < 1.29 is 14.3 Å². The predicted octanol–water partition coefficient (Wildman–Crippen LogP) is 1.13. The summed E-state index contributed by atoms with van der Waals surface area (Å²) >= 11 is 0. The Labute approximate surface area is 86.9 Å². The third kappa shape index (κ3) is 3.41. The van der Waals surface area contributed by atoms with E-state index in [0.717, 1.165) is 0 Å². The van der Waals surface area contributed by atoms with Crippen LogP contribution in [0.5, 0.6) is 0 Å². The Morgan fingerprint density at radius 1 is 1.60 bits per heavy atom. The van der Waals surface area contributed by atoms with E-state index < -0.39 is 5.82 Å². The molecule has 2 N–H and O–H groups in total. The first-order chi connectivity index (χ1) is 7.13. The van der Waals surface area contributed by atoms with Crippen molar-refractivity contribution in [2.75, 3.05) is 11.9 Å². The minimum absolute atomic E-state index is 0.122. The van der Waals surface area contributed by atoms with E-state index in [4.69, 9.17) is 5.11 Å². The highest BCUT2D eigenvalue weighted by Crippen LogP contribution is 2.14. The number of hydrogen-bond donors (Lipinski definition) is 2. The van der Waals surface area contributed by atoms with Gasteiger partial charge in [0.25, 0.3) is 0 Å². The lowest BCUT2D eigenvalue weighted by Crippen LogP contribution is -2.07. The van der Waals surface area contributed by atoms with Gasteiger partial charge in [0.15, 0.2) is 0 Å². The third-order valence-corrected chi connectivity index (χ3v) is 1.59. The number of nitrogens with one attached hydrogen (secondary N) is 1. The number of aliphatic hydroxyl groups excluding tert-OH is 1. The van der Waals surface area contributed by atoms with Gasteiger partial charge in [-0.1, -0.05) is 11.8 Å². The van der Waals surface area contributed by atoms with Gasteiger partial charge in [-0.15, -0.1) is 0 Å². The van der Waals surface area contributed by atoms with E-state index in [1.165, 1.54) is 19.1 Å². The molecule has 1 aromatic carbocycles. The number of aliphatic hydroxyl groups is 1. The average Bonchev–Trinajstić information content (AvgIpc) is 2.18. The van der Waals surface area contributed by atoms with Gasteiger partial charge in [0, 0.05) is 12.5 Å². The van der Waals surface area contributed by atoms with Crippen LogP contribution >= 0.6 is 0 Å². The quantitative estimate of drug-likeness (QED) is 0.678. The molecule has 0 unspecified atom stereocenters. The second kappa shape index (κ2) is 5.13. The maximum atomic E-state index is 13.3. The van der Waals surface area contributed by atoms with E-state index in [1.54, 1.807) is 6.07 Å². The maximum absolute atomic E-state index is 13.3. The van der Waals surface area contributed by atoms with Crippen molar-refractivity contribution in [2.24, 2.45) is 0 Å². The highest BCUT2D eigenvalue weighted by Gasteiger charge is 2.03. The minimum Gasteiger partial charge on any atom is -0.384 e.